The monoisotopic (exact) mass is 343 g/mol. The highest BCUT2D eigenvalue weighted by Crippen LogP contribution is 2.27. The standard InChI is InChI=1S/C18H21N3O4/c1-24-15-7-6-13(11-16(15)25-2)12-17(22)20-9-10-21-18(23)14-5-3-4-8-19-14/h3-8,11H,9-10,12H2,1-2H3,(H,20,22)(H,21,23). The molecule has 1 aromatic heterocycles. The van der Waals surface area contributed by atoms with Crippen LogP contribution in [-0.4, -0.2) is 44.1 Å². The van der Waals surface area contributed by atoms with Crippen LogP contribution < -0.4 is 20.1 Å². The smallest absolute Gasteiger partial charge is 0.269 e. The number of aromatic nitrogens is 1. The molecule has 2 N–H and O–H groups in total. The third-order valence-corrected chi connectivity index (χ3v) is 3.44. The minimum Gasteiger partial charge on any atom is -0.493 e. The lowest BCUT2D eigenvalue weighted by molar-refractivity contribution is -0.120. The topological polar surface area (TPSA) is 89.6 Å². The number of carbonyl (C=O) groups excluding carboxylic acids is 2. The molecule has 0 saturated heterocycles. The summed E-state index contributed by atoms with van der Waals surface area (Å²) in [5.74, 6) is 0.786. The van der Waals surface area contributed by atoms with Crippen molar-refractivity contribution < 1.29 is 19.1 Å². The zero-order valence-corrected chi connectivity index (χ0v) is 14.2. The van der Waals surface area contributed by atoms with Crippen LogP contribution in [0.2, 0.25) is 0 Å². The fourth-order valence-electron chi connectivity index (χ4n) is 2.20. The van der Waals surface area contributed by atoms with Crippen LogP contribution in [0.15, 0.2) is 42.6 Å². The normalized spacial score (nSPS) is 10.0. The van der Waals surface area contributed by atoms with E-state index in [9.17, 15) is 9.59 Å². The number of carbonyl (C=O) groups is 2. The molecule has 2 aromatic rings. The molecule has 1 aromatic carbocycles. The van der Waals surface area contributed by atoms with Crippen LogP contribution in [0.1, 0.15) is 16.1 Å². The number of nitrogens with one attached hydrogen (secondary N) is 2. The molecule has 0 unspecified atom stereocenters. The van der Waals surface area contributed by atoms with Crippen molar-refractivity contribution in [2.45, 2.75) is 6.42 Å². The Morgan fingerprint density at radius 3 is 2.44 bits per heavy atom. The summed E-state index contributed by atoms with van der Waals surface area (Å²) in [6.45, 7) is 0.664. The number of amides is 2. The molecule has 0 bridgehead atoms. The minimum atomic E-state index is -0.269. The van der Waals surface area contributed by atoms with E-state index in [2.05, 4.69) is 15.6 Å². The fourth-order valence-corrected chi connectivity index (χ4v) is 2.20. The summed E-state index contributed by atoms with van der Waals surface area (Å²) in [4.78, 5) is 27.7. The Balaban J connectivity index is 1.75. The van der Waals surface area contributed by atoms with Gasteiger partial charge in [0.25, 0.3) is 5.91 Å². The molecule has 0 aliphatic heterocycles. The Hall–Kier alpha value is -3.09. The highest BCUT2D eigenvalue weighted by Gasteiger charge is 2.09. The molecule has 1 heterocycles. The van der Waals surface area contributed by atoms with E-state index in [1.54, 1.807) is 50.7 Å². The second kappa shape index (κ2) is 9.27. The number of hydrogen-bond acceptors (Lipinski definition) is 5. The van der Waals surface area contributed by atoms with E-state index in [-0.39, 0.29) is 18.2 Å². The fraction of sp³-hybridized carbons (Fsp3) is 0.278. The van der Waals surface area contributed by atoms with Gasteiger partial charge in [-0.3, -0.25) is 14.6 Å². The number of ether oxygens (including phenoxy) is 2. The van der Waals surface area contributed by atoms with Gasteiger partial charge in [0, 0.05) is 19.3 Å². The predicted octanol–water partition coefficient (Wildman–Crippen LogP) is 1.19. The summed E-state index contributed by atoms with van der Waals surface area (Å²) in [7, 11) is 3.11. The number of nitrogens with zero attached hydrogens (tertiary/aromatic N) is 1. The molecule has 0 spiro atoms. The Bertz CT molecular complexity index is 720. The summed E-state index contributed by atoms with van der Waals surface area (Å²) in [5, 5.41) is 5.46. The lowest BCUT2D eigenvalue weighted by Gasteiger charge is -2.10. The van der Waals surface area contributed by atoms with Crippen molar-refractivity contribution in [2.75, 3.05) is 27.3 Å². The average molecular weight is 343 g/mol. The Morgan fingerprint density at radius 2 is 1.76 bits per heavy atom. The van der Waals surface area contributed by atoms with Gasteiger partial charge in [-0.15, -0.1) is 0 Å². The van der Waals surface area contributed by atoms with Crippen LogP contribution in [0.5, 0.6) is 11.5 Å². The number of pyridine rings is 1. The van der Waals surface area contributed by atoms with E-state index >= 15 is 0 Å². The Morgan fingerprint density at radius 1 is 1.00 bits per heavy atom. The second-order valence-electron chi connectivity index (χ2n) is 5.19. The molecule has 0 radical (unpaired) electrons. The van der Waals surface area contributed by atoms with Crippen LogP contribution in [0, 0.1) is 0 Å². The number of methoxy groups -OCH3 is 2. The van der Waals surface area contributed by atoms with Crippen LogP contribution >= 0.6 is 0 Å². The molecule has 25 heavy (non-hydrogen) atoms. The van der Waals surface area contributed by atoms with E-state index in [1.165, 1.54) is 0 Å². The van der Waals surface area contributed by atoms with E-state index < -0.39 is 0 Å². The summed E-state index contributed by atoms with van der Waals surface area (Å²) in [6, 6.07) is 10.4. The Labute approximate surface area is 146 Å². The molecule has 0 atom stereocenters. The molecule has 132 valence electrons. The van der Waals surface area contributed by atoms with Crippen molar-refractivity contribution in [3.63, 3.8) is 0 Å². The van der Waals surface area contributed by atoms with Gasteiger partial charge >= 0.3 is 0 Å². The van der Waals surface area contributed by atoms with Gasteiger partial charge in [0.2, 0.25) is 5.91 Å². The van der Waals surface area contributed by atoms with Crippen molar-refractivity contribution in [1.29, 1.82) is 0 Å². The van der Waals surface area contributed by atoms with Gasteiger partial charge in [-0.2, -0.15) is 0 Å². The van der Waals surface area contributed by atoms with Crippen molar-refractivity contribution in [3.05, 3.63) is 53.9 Å². The summed E-state index contributed by atoms with van der Waals surface area (Å²) >= 11 is 0. The van der Waals surface area contributed by atoms with E-state index in [0.29, 0.717) is 30.3 Å². The molecule has 0 fully saturated rings. The second-order valence-corrected chi connectivity index (χ2v) is 5.19. The molecular formula is C18H21N3O4. The number of benzene rings is 1. The van der Waals surface area contributed by atoms with Crippen LogP contribution in [-0.2, 0) is 11.2 Å². The van der Waals surface area contributed by atoms with Crippen LogP contribution in [0.25, 0.3) is 0 Å². The third-order valence-electron chi connectivity index (χ3n) is 3.44. The number of hydrogen-bond donors (Lipinski definition) is 2. The van der Waals surface area contributed by atoms with Crippen molar-refractivity contribution in [2.24, 2.45) is 0 Å². The summed E-state index contributed by atoms with van der Waals surface area (Å²) < 4.78 is 10.4. The molecule has 0 aliphatic rings. The maximum absolute atomic E-state index is 12.0. The first-order valence-corrected chi connectivity index (χ1v) is 7.81. The van der Waals surface area contributed by atoms with E-state index in [4.69, 9.17) is 9.47 Å². The van der Waals surface area contributed by atoms with Gasteiger partial charge in [0.1, 0.15) is 5.69 Å². The highest BCUT2D eigenvalue weighted by molar-refractivity contribution is 5.92. The molecule has 0 aliphatic carbocycles. The van der Waals surface area contributed by atoms with Gasteiger partial charge in [0.05, 0.1) is 20.6 Å². The summed E-state index contributed by atoms with van der Waals surface area (Å²) in [6.07, 6.45) is 1.77. The third kappa shape index (κ3) is 5.49. The first-order chi connectivity index (χ1) is 12.1. The maximum Gasteiger partial charge on any atom is 0.269 e. The zero-order chi connectivity index (χ0) is 18.1. The Kier molecular flexibility index (Phi) is 6.76. The molecule has 0 saturated carbocycles. The zero-order valence-electron chi connectivity index (χ0n) is 14.2. The van der Waals surface area contributed by atoms with E-state index in [1.807, 2.05) is 6.07 Å². The number of rotatable bonds is 8. The maximum atomic E-state index is 12.0. The van der Waals surface area contributed by atoms with Gasteiger partial charge in [-0.25, -0.2) is 0 Å². The van der Waals surface area contributed by atoms with Crippen LogP contribution in [0.4, 0.5) is 0 Å². The average Bonchev–Trinajstić information content (AvgIpc) is 2.65. The summed E-state index contributed by atoms with van der Waals surface area (Å²) in [5.41, 5.74) is 1.16. The quantitative estimate of drug-likeness (QED) is 0.703. The lowest BCUT2D eigenvalue weighted by atomic mass is 10.1. The first kappa shape index (κ1) is 18.3. The van der Waals surface area contributed by atoms with Crippen LogP contribution in [0.3, 0.4) is 0 Å². The van der Waals surface area contributed by atoms with Gasteiger partial charge in [-0.1, -0.05) is 12.1 Å². The van der Waals surface area contributed by atoms with Crippen molar-refractivity contribution in [3.8, 4) is 11.5 Å². The molecular weight excluding hydrogens is 322 g/mol. The van der Waals surface area contributed by atoms with Crippen molar-refractivity contribution in [1.82, 2.24) is 15.6 Å². The predicted molar refractivity (Wildman–Crippen MR) is 92.8 cm³/mol. The molecule has 7 heteroatoms. The molecule has 2 rings (SSSR count). The largest absolute Gasteiger partial charge is 0.493 e. The van der Waals surface area contributed by atoms with Gasteiger partial charge in [-0.05, 0) is 29.8 Å². The first-order valence-electron chi connectivity index (χ1n) is 7.81. The SMILES string of the molecule is COc1ccc(CC(=O)NCCNC(=O)c2ccccn2)cc1OC. The lowest BCUT2D eigenvalue weighted by Crippen LogP contribution is -2.35. The van der Waals surface area contributed by atoms with E-state index in [0.717, 1.165) is 5.56 Å². The van der Waals surface area contributed by atoms with Crippen molar-refractivity contribution >= 4 is 11.8 Å². The highest BCUT2D eigenvalue weighted by atomic mass is 16.5. The van der Waals surface area contributed by atoms with Gasteiger partial charge < -0.3 is 20.1 Å². The van der Waals surface area contributed by atoms with Gasteiger partial charge in [0.15, 0.2) is 11.5 Å². The molecule has 2 amide bonds. The molecule has 7 nitrogen and oxygen atoms in total. The minimum absolute atomic E-state index is 0.140.